The van der Waals surface area contributed by atoms with Crippen molar-refractivity contribution in [1.29, 1.82) is 0 Å². The first-order chi connectivity index (χ1) is 41.1. The third-order valence-electron chi connectivity index (χ3n) is 15.9. The summed E-state index contributed by atoms with van der Waals surface area (Å²) in [5.74, 6) is 0. The molecular weight excluding hydrogens is 1000 g/mol. The standard InChI is InChI=1S/C80H57N3/c1-4-16-58(17-5-1)62-38-50-73(51-39-62)82(79-28-14-22-68-20-10-12-26-77(68)79)75-54-42-65(43-55-75)61-32-30-60(31-33-61)64-34-46-71(47-35-64)81(70-24-8-3-9-25-70)72-48-36-66(37-49-72)67-44-56-76(57-45-67)83(80-29-15-23-69-21-11-13-27-78(69)80)74-52-40-63(41-53-74)59-18-6-2-7-19-59/h1-57H. The first-order valence-corrected chi connectivity index (χ1v) is 28.4. The van der Waals surface area contributed by atoms with E-state index in [2.05, 4.69) is 360 Å². The van der Waals surface area contributed by atoms with Gasteiger partial charge in [0.2, 0.25) is 0 Å². The minimum atomic E-state index is 1.09. The molecule has 3 heteroatoms. The predicted octanol–water partition coefficient (Wildman–Crippen LogP) is 22.7. The van der Waals surface area contributed by atoms with Crippen LogP contribution in [0.3, 0.4) is 0 Å². The van der Waals surface area contributed by atoms with Crippen molar-refractivity contribution < 1.29 is 0 Å². The Morgan fingerprint density at radius 3 is 0.639 bits per heavy atom. The Balaban J connectivity index is 0.706. The largest absolute Gasteiger partial charge is 0.311 e. The van der Waals surface area contributed by atoms with E-state index in [1.165, 1.54) is 60.5 Å². The van der Waals surface area contributed by atoms with Gasteiger partial charge in [-0.2, -0.15) is 0 Å². The molecule has 0 saturated heterocycles. The summed E-state index contributed by atoms with van der Waals surface area (Å²) in [6.45, 7) is 0. The highest BCUT2D eigenvalue weighted by Crippen LogP contribution is 2.43. The Hall–Kier alpha value is -11.0. The van der Waals surface area contributed by atoms with E-state index in [1.807, 2.05) is 0 Å². The molecule has 0 atom stereocenters. The van der Waals surface area contributed by atoms with Crippen molar-refractivity contribution >= 4 is 72.7 Å². The molecule has 0 radical (unpaired) electrons. The molecule has 83 heavy (non-hydrogen) atoms. The second kappa shape index (κ2) is 22.6. The molecule has 0 aliphatic heterocycles. The van der Waals surface area contributed by atoms with Crippen LogP contribution < -0.4 is 14.7 Å². The molecule has 0 N–H and O–H groups in total. The first kappa shape index (κ1) is 50.2. The fourth-order valence-electron chi connectivity index (χ4n) is 11.6. The van der Waals surface area contributed by atoms with Crippen LogP contribution in [0.4, 0.5) is 51.2 Å². The van der Waals surface area contributed by atoms with Crippen molar-refractivity contribution in [3.63, 3.8) is 0 Å². The lowest BCUT2D eigenvalue weighted by atomic mass is 9.99. The zero-order valence-electron chi connectivity index (χ0n) is 45.8. The average Bonchev–Trinajstić information content (AvgIpc) is 3.70. The van der Waals surface area contributed by atoms with E-state index < -0.39 is 0 Å². The number of hydrogen-bond acceptors (Lipinski definition) is 3. The summed E-state index contributed by atoms with van der Waals surface area (Å²) in [5, 5.41) is 4.83. The summed E-state index contributed by atoms with van der Waals surface area (Å²) >= 11 is 0. The highest BCUT2D eigenvalue weighted by Gasteiger charge is 2.19. The van der Waals surface area contributed by atoms with Gasteiger partial charge in [0.25, 0.3) is 0 Å². The molecule has 0 aliphatic rings. The Labute approximate surface area is 486 Å². The lowest BCUT2D eigenvalue weighted by Gasteiger charge is -2.27. The van der Waals surface area contributed by atoms with E-state index in [0.717, 1.165) is 67.9 Å². The lowest BCUT2D eigenvalue weighted by Crippen LogP contribution is -2.10. The first-order valence-electron chi connectivity index (χ1n) is 28.4. The van der Waals surface area contributed by atoms with Crippen molar-refractivity contribution in [2.24, 2.45) is 0 Å². The highest BCUT2D eigenvalue weighted by molar-refractivity contribution is 6.00. The topological polar surface area (TPSA) is 9.72 Å². The molecule has 0 bridgehead atoms. The smallest absolute Gasteiger partial charge is 0.0540 e. The molecule has 14 rings (SSSR count). The van der Waals surface area contributed by atoms with E-state index in [9.17, 15) is 0 Å². The molecule has 0 saturated carbocycles. The number of para-hydroxylation sites is 1. The Morgan fingerprint density at radius 1 is 0.133 bits per heavy atom. The van der Waals surface area contributed by atoms with Crippen molar-refractivity contribution in [2.45, 2.75) is 0 Å². The van der Waals surface area contributed by atoms with Gasteiger partial charge >= 0.3 is 0 Å². The minimum absolute atomic E-state index is 1.09. The third-order valence-corrected chi connectivity index (χ3v) is 15.9. The second-order valence-electron chi connectivity index (χ2n) is 20.9. The number of anilines is 9. The fourth-order valence-corrected chi connectivity index (χ4v) is 11.6. The number of fused-ring (bicyclic) bond motifs is 2. The molecule has 0 amide bonds. The molecule has 0 heterocycles. The van der Waals surface area contributed by atoms with Crippen molar-refractivity contribution in [3.05, 3.63) is 346 Å². The van der Waals surface area contributed by atoms with Crippen molar-refractivity contribution in [2.75, 3.05) is 14.7 Å². The molecule has 0 spiro atoms. The van der Waals surface area contributed by atoms with E-state index in [-0.39, 0.29) is 0 Å². The quantitative estimate of drug-likeness (QED) is 0.107. The molecule has 0 aliphatic carbocycles. The van der Waals surface area contributed by atoms with Gasteiger partial charge in [-0.05, 0) is 163 Å². The maximum atomic E-state index is 2.37. The lowest BCUT2D eigenvalue weighted by molar-refractivity contribution is 1.28. The third kappa shape index (κ3) is 10.3. The maximum Gasteiger partial charge on any atom is 0.0540 e. The molecule has 14 aromatic carbocycles. The number of rotatable bonds is 14. The molecular formula is C80H57N3. The SMILES string of the molecule is c1ccc(-c2ccc(N(c3ccc(-c4ccc(-c5ccc(N(c6ccccc6)c6ccc(-c7ccc(N(c8ccc(-c9ccccc9)cc8)c8cccc9ccccc89)cc7)cc6)cc5)cc4)cc3)c3cccc4ccccc34)cc2)cc1. The van der Waals surface area contributed by atoms with Crippen LogP contribution >= 0.6 is 0 Å². The van der Waals surface area contributed by atoms with Gasteiger partial charge in [-0.15, -0.1) is 0 Å². The molecule has 0 fully saturated rings. The van der Waals surface area contributed by atoms with Crippen LogP contribution in [0.15, 0.2) is 346 Å². The zero-order valence-corrected chi connectivity index (χ0v) is 45.8. The van der Waals surface area contributed by atoms with Crippen LogP contribution in [0.5, 0.6) is 0 Å². The maximum absolute atomic E-state index is 2.37. The number of hydrogen-bond donors (Lipinski definition) is 0. The van der Waals surface area contributed by atoms with Crippen LogP contribution in [-0.4, -0.2) is 0 Å². The Kier molecular flexibility index (Phi) is 13.7. The zero-order chi connectivity index (χ0) is 55.3. The van der Waals surface area contributed by atoms with E-state index >= 15 is 0 Å². The number of benzene rings is 14. The minimum Gasteiger partial charge on any atom is -0.311 e. The van der Waals surface area contributed by atoms with Gasteiger partial charge in [0.1, 0.15) is 0 Å². The van der Waals surface area contributed by atoms with Crippen LogP contribution in [0, 0.1) is 0 Å². The summed E-state index contributed by atoms with van der Waals surface area (Å²) < 4.78 is 0. The van der Waals surface area contributed by atoms with Crippen LogP contribution in [-0.2, 0) is 0 Å². The normalized spacial score (nSPS) is 11.1. The van der Waals surface area contributed by atoms with Gasteiger partial charge in [0, 0.05) is 50.6 Å². The van der Waals surface area contributed by atoms with E-state index in [1.54, 1.807) is 0 Å². The van der Waals surface area contributed by atoms with Crippen LogP contribution in [0.25, 0.3) is 77.2 Å². The fraction of sp³-hybridized carbons (Fsp3) is 0. The van der Waals surface area contributed by atoms with Gasteiger partial charge < -0.3 is 14.7 Å². The van der Waals surface area contributed by atoms with Gasteiger partial charge in [0.05, 0.1) is 11.4 Å². The second-order valence-corrected chi connectivity index (χ2v) is 20.9. The van der Waals surface area contributed by atoms with Crippen LogP contribution in [0.2, 0.25) is 0 Å². The van der Waals surface area contributed by atoms with Crippen LogP contribution in [0.1, 0.15) is 0 Å². The number of nitrogens with zero attached hydrogens (tertiary/aromatic N) is 3. The van der Waals surface area contributed by atoms with Gasteiger partial charge in [-0.1, -0.05) is 249 Å². The summed E-state index contributed by atoms with van der Waals surface area (Å²) in [4.78, 5) is 7.07. The highest BCUT2D eigenvalue weighted by atomic mass is 15.2. The average molecular weight is 1060 g/mol. The van der Waals surface area contributed by atoms with Crippen molar-refractivity contribution in [1.82, 2.24) is 0 Å². The summed E-state index contributed by atoms with van der Waals surface area (Å²) in [7, 11) is 0. The van der Waals surface area contributed by atoms with E-state index in [0.29, 0.717) is 0 Å². The van der Waals surface area contributed by atoms with Gasteiger partial charge in [-0.3, -0.25) is 0 Å². The molecule has 0 aromatic heterocycles. The summed E-state index contributed by atoms with van der Waals surface area (Å²) in [5.41, 5.74) is 21.7. The monoisotopic (exact) mass is 1060 g/mol. The Morgan fingerprint density at radius 2 is 0.337 bits per heavy atom. The van der Waals surface area contributed by atoms with Gasteiger partial charge in [-0.25, -0.2) is 0 Å². The summed E-state index contributed by atoms with van der Waals surface area (Å²) in [6.07, 6.45) is 0. The summed E-state index contributed by atoms with van der Waals surface area (Å²) in [6, 6.07) is 125. The van der Waals surface area contributed by atoms with Crippen molar-refractivity contribution in [3.8, 4) is 55.6 Å². The molecule has 392 valence electrons. The predicted molar refractivity (Wildman–Crippen MR) is 353 cm³/mol. The Bertz CT molecular complexity index is 4460. The molecule has 14 aromatic rings. The molecule has 0 unspecified atom stereocenters. The molecule has 3 nitrogen and oxygen atoms in total. The van der Waals surface area contributed by atoms with Gasteiger partial charge in [0.15, 0.2) is 0 Å². The van der Waals surface area contributed by atoms with E-state index in [4.69, 9.17) is 0 Å².